The number of hydrogen-bond acceptors (Lipinski definition) is 2. The molecule has 2 saturated heterocycles. The van der Waals surface area contributed by atoms with Crippen LogP contribution in [0.4, 0.5) is 5.69 Å². The number of anilines is 1. The lowest BCUT2D eigenvalue weighted by molar-refractivity contribution is -0.117. The van der Waals surface area contributed by atoms with E-state index in [4.69, 9.17) is 0 Å². The Labute approximate surface area is 135 Å². The Bertz CT molecular complexity index is 482. The second-order valence-corrected chi connectivity index (χ2v) is 6.84. The van der Waals surface area contributed by atoms with Gasteiger partial charge in [-0.15, -0.1) is 0 Å². The van der Waals surface area contributed by atoms with Gasteiger partial charge in [0.1, 0.15) is 0 Å². The molecule has 2 aliphatic rings. The van der Waals surface area contributed by atoms with Crippen LogP contribution in [-0.2, 0) is 11.2 Å². The Kier molecular flexibility index (Phi) is 4.96. The molecule has 114 valence electrons. The van der Waals surface area contributed by atoms with E-state index < -0.39 is 0 Å². The lowest BCUT2D eigenvalue weighted by Crippen LogP contribution is -2.24. The standard InChI is InChI=1S/C17H23BrN2O/c18-12-15-11-17(21)20(13-15)16-5-3-14(4-6-16)7-10-19-8-1-2-9-19/h3-6,15H,1-2,7-13H2. The normalized spacial score (nSPS) is 23.2. The molecule has 2 aliphatic heterocycles. The summed E-state index contributed by atoms with van der Waals surface area (Å²) in [6.07, 6.45) is 4.48. The summed E-state index contributed by atoms with van der Waals surface area (Å²) in [6.45, 7) is 4.52. The van der Waals surface area contributed by atoms with Gasteiger partial charge < -0.3 is 9.80 Å². The van der Waals surface area contributed by atoms with Crippen molar-refractivity contribution < 1.29 is 4.79 Å². The minimum Gasteiger partial charge on any atom is -0.312 e. The number of rotatable bonds is 5. The highest BCUT2D eigenvalue weighted by molar-refractivity contribution is 9.09. The first-order valence-corrected chi connectivity index (χ1v) is 9.06. The Morgan fingerprint density at radius 2 is 1.86 bits per heavy atom. The van der Waals surface area contributed by atoms with Gasteiger partial charge in [-0.1, -0.05) is 28.1 Å². The second-order valence-electron chi connectivity index (χ2n) is 6.19. The van der Waals surface area contributed by atoms with Crippen molar-refractivity contribution in [1.82, 2.24) is 4.90 Å². The zero-order valence-electron chi connectivity index (χ0n) is 12.4. The Morgan fingerprint density at radius 3 is 2.48 bits per heavy atom. The molecule has 0 radical (unpaired) electrons. The van der Waals surface area contributed by atoms with E-state index in [2.05, 4.69) is 45.1 Å². The summed E-state index contributed by atoms with van der Waals surface area (Å²) in [6, 6.07) is 8.57. The number of carbonyl (C=O) groups excluding carboxylic acids is 1. The minimum absolute atomic E-state index is 0.254. The first kappa shape index (κ1) is 15.0. The van der Waals surface area contributed by atoms with Crippen LogP contribution < -0.4 is 4.90 Å². The van der Waals surface area contributed by atoms with Crippen LogP contribution in [0, 0.1) is 5.92 Å². The molecule has 2 fully saturated rings. The smallest absolute Gasteiger partial charge is 0.227 e. The molecule has 4 heteroatoms. The lowest BCUT2D eigenvalue weighted by atomic mass is 10.1. The quantitative estimate of drug-likeness (QED) is 0.762. The first-order chi connectivity index (χ1) is 10.3. The molecule has 1 unspecified atom stereocenters. The molecule has 1 aromatic rings. The summed E-state index contributed by atoms with van der Waals surface area (Å²) in [5.41, 5.74) is 2.42. The van der Waals surface area contributed by atoms with E-state index in [9.17, 15) is 4.79 Å². The van der Waals surface area contributed by atoms with E-state index >= 15 is 0 Å². The Hall–Kier alpha value is -0.870. The fourth-order valence-electron chi connectivity index (χ4n) is 3.27. The molecule has 0 N–H and O–H groups in total. The molecule has 1 aromatic carbocycles. The number of halogens is 1. The van der Waals surface area contributed by atoms with Crippen molar-refractivity contribution in [3.63, 3.8) is 0 Å². The van der Waals surface area contributed by atoms with Crippen molar-refractivity contribution in [2.45, 2.75) is 25.7 Å². The molecule has 0 aromatic heterocycles. The van der Waals surface area contributed by atoms with Crippen LogP contribution in [0.25, 0.3) is 0 Å². The topological polar surface area (TPSA) is 23.6 Å². The van der Waals surface area contributed by atoms with Gasteiger partial charge in [-0.3, -0.25) is 4.79 Å². The molecule has 3 rings (SSSR count). The van der Waals surface area contributed by atoms with Crippen LogP contribution in [0.15, 0.2) is 24.3 Å². The predicted octanol–water partition coefficient (Wildman–Crippen LogP) is 3.07. The molecule has 2 heterocycles. The van der Waals surface area contributed by atoms with Crippen LogP contribution in [0.5, 0.6) is 0 Å². The van der Waals surface area contributed by atoms with E-state index in [1.54, 1.807) is 0 Å². The van der Waals surface area contributed by atoms with Gasteiger partial charge in [0.2, 0.25) is 5.91 Å². The molecular weight excluding hydrogens is 328 g/mol. The number of alkyl halides is 1. The maximum absolute atomic E-state index is 12.0. The zero-order chi connectivity index (χ0) is 14.7. The van der Waals surface area contributed by atoms with Crippen molar-refractivity contribution in [3.05, 3.63) is 29.8 Å². The van der Waals surface area contributed by atoms with Gasteiger partial charge in [-0.05, 0) is 56.0 Å². The van der Waals surface area contributed by atoms with E-state index in [1.807, 2.05) is 4.90 Å². The van der Waals surface area contributed by atoms with Crippen molar-refractivity contribution in [3.8, 4) is 0 Å². The number of benzene rings is 1. The predicted molar refractivity (Wildman–Crippen MR) is 90.1 cm³/mol. The van der Waals surface area contributed by atoms with Gasteiger partial charge in [-0.25, -0.2) is 0 Å². The van der Waals surface area contributed by atoms with Crippen LogP contribution in [0.1, 0.15) is 24.8 Å². The first-order valence-electron chi connectivity index (χ1n) is 7.94. The minimum atomic E-state index is 0.254. The fraction of sp³-hybridized carbons (Fsp3) is 0.588. The highest BCUT2D eigenvalue weighted by atomic mass is 79.9. The molecule has 0 saturated carbocycles. The van der Waals surface area contributed by atoms with Crippen molar-refractivity contribution >= 4 is 27.5 Å². The van der Waals surface area contributed by atoms with Crippen molar-refractivity contribution in [2.24, 2.45) is 5.92 Å². The van der Waals surface area contributed by atoms with E-state index in [0.717, 1.165) is 30.5 Å². The molecule has 0 spiro atoms. The monoisotopic (exact) mass is 350 g/mol. The third kappa shape index (κ3) is 3.67. The number of nitrogens with zero attached hydrogens (tertiary/aromatic N) is 2. The van der Waals surface area contributed by atoms with E-state index in [1.165, 1.54) is 31.5 Å². The zero-order valence-corrected chi connectivity index (χ0v) is 14.0. The summed E-state index contributed by atoms with van der Waals surface area (Å²) < 4.78 is 0. The van der Waals surface area contributed by atoms with E-state index in [-0.39, 0.29) is 5.91 Å². The maximum atomic E-state index is 12.0. The van der Waals surface area contributed by atoms with Gasteiger partial charge in [0.05, 0.1) is 0 Å². The van der Waals surface area contributed by atoms with E-state index in [0.29, 0.717) is 12.3 Å². The average Bonchev–Trinajstić information content (AvgIpc) is 3.15. The highest BCUT2D eigenvalue weighted by Crippen LogP contribution is 2.26. The molecule has 21 heavy (non-hydrogen) atoms. The van der Waals surface area contributed by atoms with Crippen molar-refractivity contribution in [1.29, 1.82) is 0 Å². The molecule has 0 bridgehead atoms. The summed E-state index contributed by atoms with van der Waals surface area (Å²) in [5.74, 6) is 0.705. The molecule has 1 amide bonds. The average molecular weight is 351 g/mol. The summed E-state index contributed by atoms with van der Waals surface area (Å²) >= 11 is 3.48. The molecular formula is C17H23BrN2O. The highest BCUT2D eigenvalue weighted by Gasteiger charge is 2.29. The van der Waals surface area contributed by atoms with Crippen molar-refractivity contribution in [2.75, 3.05) is 36.4 Å². The van der Waals surface area contributed by atoms with Crippen LogP contribution in [0.2, 0.25) is 0 Å². The lowest BCUT2D eigenvalue weighted by Gasteiger charge is -2.18. The third-order valence-electron chi connectivity index (χ3n) is 4.59. The van der Waals surface area contributed by atoms with Gasteiger partial charge in [0.15, 0.2) is 0 Å². The van der Waals surface area contributed by atoms with Gasteiger partial charge >= 0.3 is 0 Å². The molecule has 0 aliphatic carbocycles. The number of likely N-dealkylation sites (tertiary alicyclic amines) is 1. The Balaban J connectivity index is 1.57. The number of amides is 1. The Morgan fingerprint density at radius 1 is 1.14 bits per heavy atom. The summed E-state index contributed by atoms with van der Waals surface area (Å²) in [7, 11) is 0. The number of carbonyl (C=O) groups is 1. The third-order valence-corrected chi connectivity index (χ3v) is 5.50. The largest absolute Gasteiger partial charge is 0.312 e. The SMILES string of the molecule is O=C1CC(CBr)CN1c1ccc(CCN2CCCC2)cc1. The summed E-state index contributed by atoms with van der Waals surface area (Å²) in [5, 5.41) is 0.906. The fourth-order valence-corrected chi connectivity index (χ4v) is 3.70. The van der Waals surface area contributed by atoms with Gasteiger partial charge in [0.25, 0.3) is 0 Å². The second kappa shape index (κ2) is 6.93. The van der Waals surface area contributed by atoms with Crippen LogP contribution in [0.3, 0.4) is 0 Å². The van der Waals surface area contributed by atoms with Crippen LogP contribution in [-0.4, -0.2) is 42.3 Å². The van der Waals surface area contributed by atoms with Gasteiger partial charge in [0, 0.05) is 30.5 Å². The maximum Gasteiger partial charge on any atom is 0.227 e. The van der Waals surface area contributed by atoms with Crippen LogP contribution >= 0.6 is 15.9 Å². The number of hydrogen-bond donors (Lipinski definition) is 0. The summed E-state index contributed by atoms with van der Waals surface area (Å²) in [4.78, 5) is 16.5. The molecule has 3 nitrogen and oxygen atoms in total. The molecule has 1 atom stereocenters. The van der Waals surface area contributed by atoms with Gasteiger partial charge in [-0.2, -0.15) is 0 Å².